The lowest BCUT2D eigenvalue weighted by Crippen LogP contribution is -2.54. The Morgan fingerprint density at radius 1 is 0.727 bits per heavy atom. The molecule has 0 spiro atoms. The predicted molar refractivity (Wildman–Crippen MR) is 126 cm³/mol. The molecule has 170 valence electrons. The van der Waals surface area contributed by atoms with Crippen LogP contribution in [0.2, 0.25) is 0 Å². The number of fused-ring (bicyclic) bond motifs is 1. The average Bonchev–Trinajstić information content (AvgIpc) is 2.89. The minimum absolute atomic E-state index is 0.0596. The van der Waals surface area contributed by atoms with Gasteiger partial charge in [0.05, 0.1) is 16.6 Å². The fourth-order valence-electron chi connectivity index (χ4n) is 4.59. The summed E-state index contributed by atoms with van der Waals surface area (Å²) in [5, 5.41) is 0.553. The first kappa shape index (κ1) is 21.2. The molecule has 2 aromatic carbocycles. The maximum atomic E-state index is 13.0. The summed E-state index contributed by atoms with van der Waals surface area (Å²) in [7, 11) is 0. The number of benzene rings is 2. The van der Waals surface area contributed by atoms with Gasteiger partial charge in [-0.1, -0.05) is 12.1 Å². The van der Waals surface area contributed by atoms with E-state index in [-0.39, 0.29) is 17.5 Å². The van der Waals surface area contributed by atoms with E-state index in [9.17, 15) is 14.4 Å². The van der Waals surface area contributed by atoms with Crippen molar-refractivity contribution >= 4 is 22.8 Å². The summed E-state index contributed by atoms with van der Waals surface area (Å²) in [4.78, 5) is 48.4. The summed E-state index contributed by atoms with van der Waals surface area (Å²) in [5.41, 5.74) is 1.74. The van der Waals surface area contributed by atoms with Gasteiger partial charge in [-0.25, -0.2) is 9.78 Å². The van der Waals surface area contributed by atoms with E-state index in [2.05, 4.69) is 4.98 Å². The zero-order valence-electron chi connectivity index (χ0n) is 18.5. The zero-order valence-corrected chi connectivity index (χ0v) is 18.5. The van der Waals surface area contributed by atoms with Gasteiger partial charge in [-0.05, 0) is 55.7 Å². The van der Waals surface area contributed by atoms with Gasteiger partial charge in [-0.2, -0.15) is 0 Å². The lowest BCUT2D eigenvalue weighted by molar-refractivity contribution is 0.0633. The number of hydrogen-bond donors (Lipinski definition) is 0. The number of piperazine rings is 1. The van der Waals surface area contributed by atoms with Crippen molar-refractivity contribution in [3.05, 3.63) is 70.8 Å². The van der Waals surface area contributed by atoms with E-state index >= 15 is 0 Å². The van der Waals surface area contributed by atoms with Gasteiger partial charge in [0.1, 0.15) is 6.33 Å². The molecule has 0 saturated carbocycles. The molecule has 0 unspecified atom stereocenters. The van der Waals surface area contributed by atoms with Gasteiger partial charge in [0.25, 0.3) is 11.5 Å². The van der Waals surface area contributed by atoms with E-state index in [1.165, 1.54) is 17.3 Å². The first-order valence-corrected chi connectivity index (χ1v) is 11.5. The second-order valence-corrected chi connectivity index (χ2v) is 8.59. The van der Waals surface area contributed by atoms with Crippen molar-refractivity contribution in [2.75, 3.05) is 39.3 Å². The summed E-state index contributed by atoms with van der Waals surface area (Å²) in [5.74, 6) is -0.0596. The van der Waals surface area contributed by atoms with E-state index in [0.29, 0.717) is 48.3 Å². The van der Waals surface area contributed by atoms with Gasteiger partial charge in [0.2, 0.25) is 0 Å². The third kappa shape index (κ3) is 4.20. The molecule has 2 aliphatic rings. The molecule has 0 aliphatic carbocycles. The summed E-state index contributed by atoms with van der Waals surface area (Å²) in [6.07, 6.45) is 4.85. The number of urea groups is 1. The van der Waals surface area contributed by atoms with Gasteiger partial charge >= 0.3 is 6.03 Å². The molecule has 3 amide bonds. The molecule has 3 heterocycles. The van der Waals surface area contributed by atoms with E-state index in [0.717, 1.165) is 25.9 Å². The fraction of sp³-hybridized carbons (Fsp3) is 0.360. The predicted octanol–water partition coefficient (Wildman–Crippen LogP) is 2.75. The van der Waals surface area contributed by atoms with E-state index in [1.807, 2.05) is 28.0 Å². The van der Waals surface area contributed by atoms with Crippen molar-refractivity contribution in [3.8, 4) is 5.69 Å². The van der Waals surface area contributed by atoms with Gasteiger partial charge in [0, 0.05) is 44.8 Å². The van der Waals surface area contributed by atoms with Gasteiger partial charge in [0.15, 0.2) is 0 Å². The fourth-order valence-corrected chi connectivity index (χ4v) is 4.59. The summed E-state index contributed by atoms with van der Waals surface area (Å²) < 4.78 is 1.49. The monoisotopic (exact) mass is 445 g/mol. The number of rotatable bonds is 2. The molecule has 0 radical (unpaired) electrons. The molecule has 33 heavy (non-hydrogen) atoms. The largest absolute Gasteiger partial charge is 0.335 e. The molecule has 3 aromatic rings. The highest BCUT2D eigenvalue weighted by Gasteiger charge is 2.28. The number of carbonyl (C=O) groups is 2. The van der Waals surface area contributed by atoms with Crippen molar-refractivity contribution in [1.82, 2.24) is 24.3 Å². The van der Waals surface area contributed by atoms with Crippen LogP contribution in [0, 0.1) is 0 Å². The maximum absolute atomic E-state index is 13.0. The second kappa shape index (κ2) is 9.05. The first-order chi connectivity index (χ1) is 16.1. The lowest BCUT2D eigenvalue weighted by Gasteiger charge is -2.38. The van der Waals surface area contributed by atoms with Crippen LogP contribution < -0.4 is 5.56 Å². The van der Waals surface area contributed by atoms with Crippen molar-refractivity contribution in [1.29, 1.82) is 0 Å². The Hall–Kier alpha value is -3.68. The third-order valence-electron chi connectivity index (χ3n) is 6.52. The highest BCUT2D eigenvalue weighted by Crippen LogP contribution is 2.16. The summed E-state index contributed by atoms with van der Waals surface area (Å²) in [6, 6.07) is 14.3. The van der Waals surface area contributed by atoms with Crippen molar-refractivity contribution in [2.45, 2.75) is 19.3 Å². The Labute approximate surface area is 192 Å². The highest BCUT2D eigenvalue weighted by atomic mass is 16.2. The number of nitrogens with zero attached hydrogens (tertiary/aromatic N) is 5. The van der Waals surface area contributed by atoms with Crippen LogP contribution in [0.3, 0.4) is 0 Å². The Kier molecular flexibility index (Phi) is 5.81. The second-order valence-electron chi connectivity index (χ2n) is 8.59. The molecule has 8 nitrogen and oxygen atoms in total. The van der Waals surface area contributed by atoms with Gasteiger partial charge < -0.3 is 14.7 Å². The van der Waals surface area contributed by atoms with E-state index < -0.39 is 0 Å². The molecule has 0 bridgehead atoms. The summed E-state index contributed by atoms with van der Waals surface area (Å²) >= 11 is 0. The number of piperidine rings is 1. The van der Waals surface area contributed by atoms with Crippen LogP contribution in [0.5, 0.6) is 0 Å². The highest BCUT2D eigenvalue weighted by molar-refractivity contribution is 5.94. The van der Waals surface area contributed by atoms with Crippen LogP contribution in [-0.4, -0.2) is 75.5 Å². The van der Waals surface area contributed by atoms with Crippen LogP contribution in [0.1, 0.15) is 29.6 Å². The molecule has 2 aliphatic heterocycles. The van der Waals surface area contributed by atoms with E-state index in [1.54, 1.807) is 35.2 Å². The van der Waals surface area contributed by atoms with Gasteiger partial charge in [-0.15, -0.1) is 0 Å². The van der Waals surface area contributed by atoms with Crippen LogP contribution in [0.4, 0.5) is 4.79 Å². The Balaban J connectivity index is 1.25. The molecule has 0 N–H and O–H groups in total. The van der Waals surface area contributed by atoms with Crippen molar-refractivity contribution in [2.24, 2.45) is 0 Å². The average molecular weight is 446 g/mol. The first-order valence-electron chi connectivity index (χ1n) is 11.5. The Morgan fingerprint density at radius 2 is 1.36 bits per heavy atom. The van der Waals surface area contributed by atoms with Crippen molar-refractivity contribution in [3.63, 3.8) is 0 Å². The number of amides is 3. The topological polar surface area (TPSA) is 78.8 Å². The standard InChI is InChI=1S/C25H27N5O3/c31-23(27-14-16-29(17-15-27)25(33)28-12-4-1-5-13-28)19-8-10-20(11-9-19)30-18-26-22-7-3-2-6-21(22)24(30)32/h2-3,6-11,18H,1,4-5,12-17H2. The molecule has 1 aromatic heterocycles. The molecular formula is C25H27N5O3. The number of carbonyl (C=O) groups excluding carboxylic acids is 2. The van der Waals surface area contributed by atoms with Crippen LogP contribution in [-0.2, 0) is 0 Å². The molecule has 2 saturated heterocycles. The minimum Gasteiger partial charge on any atom is -0.335 e. The lowest BCUT2D eigenvalue weighted by atomic mass is 10.1. The molecule has 2 fully saturated rings. The van der Waals surface area contributed by atoms with Crippen molar-refractivity contribution < 1.29 is 9.59 Å². The zero-order chi connectivity index (χ0) is 22.8. The number of aromatic nitrogens is 2. The maximum Gasteiger partial charge on any atom is 0.320 e. The Morgan fingerprint density at radius 3 is 2.09 bits per heavy atom. The van der Waals surface area contributed by atoms with Crippen LogP contribution in [0.25, 0.3) is 16.6 Å². The molecule has 5 rings (SSSR count). The Bertz CT molecular complexity index is 1220. The summed E-state index contributed by atoms with van der Waals surface area (Å²) in [6.45, 7) is 3.82. The SMILES string of the molecule is O=C(c1ccc(-n2cnc3ccccc3c2=O)cc1)N1CCN(C(=O)N2CCCCC2)CC1. The molecule has 8 heteroatoms. The smallest absolute Gasteiger partial charge is 0.320 e. The normalized spacial score (nSPS) is 16.8. The number of likely N-dealkylation sites (tertiary alicyclic amines) is 1. The molecular weight excluding hydrogens is 418 g/mol. The quantitative estimate of drug-likeness (QED) is 0.608. The minimum atomic E-state index is -0.144. The van der Waals surface area contributed by atoms with Crippen LogP contribution in [0.15, 0.2) is 59.7 Å². The molecule has 0 atom stereocenters. The number of para-hydroxylation sites is 1. The van der Waals surface area contributed by atoms with Gasteiger partial charge in [-0.3, -0.25) is 14.2 Å². The third-order valence-corrected chi connectivity index (χ3v) is 6.52. The number of hydrogen-bond acceptors (Lipinski definition) is 4. The van der Waals surface area contributed by atoms with Crippen LogP contribution >= 0.6 is 0 Å². The van der Waals surface area contributed by atoms with E-state index in [4.69, 9.17) is 0 Å².